The molecule has 2 aromatic rings. The van der Waals surface area contributed by atoms with Gasteiger partial charge < -0.3 is 9.64 Å². The van der Waals surface area contributed by atoms with Crippen LogP contribution in [0.2, 0.25) is 0 Å². The molecule has 0 bridgehead atoms. The van der Waals surface area contributed by atoms with Gasteiger partial charge in [0.25, 0.3) is 0 Å². The topological polar surface area (TPSA) is 85.3 Å². The summed E-state index contributed by atoms with van der Waals surface area (Å²) in [7, 11) is -3.22. The molecule has 1 saturated carbocycles. The summed E-state index contributed by atoms with van der Waals surface area (Å²) in [5.41, 5.74) is 1.09. The van der Waals surface area contributed by atoms with E-state index in [2.05, 4.69) is 19.9 Å². The average molecular weight is 417 g/mol. The number of ether oxygens (including phenoxy) is 1. The van der Waals surface area contributed by atoms with E-state index in [-0.39, 0.29) is 4.90 Å². The van der Waals surface area contributed by atoms with Gasteiger partial charge in [-0.1, -0.05) is 0 Å². The number of hydrogen-bond acceptors (Lipinski definition) is 7. The van der Waals surface area contributed by atoms with Crippen LogP contribution < -0.4 is 9.64 Å². The first-order valence-electron chi connectivity index (χ1n) is 10.2. The van der Waals surface area contributed by atoms with E-state index in [1.807, 2.05) is 19.3 Å². The molecule has 0 N–H and O–H groups in total. The van der Waals surface area contributed by atoms with Crippen LogP contribution in [0, 0.1) is 24.7 Å². The standard InChI is InChI=1S/C21H28N4O3S/c1-15-12-23-21(24-13-15)25-8-5-16(6-9-25)19-11-17(19)7-10-28-20-4-3-18(14-22-20)29(2,26)27/h3-4,12-14,16-17,19H,5-11H2,1-2H3/t17-,19-/m1/s1. The summed E-state index contributed by atoms with van der Waals surface area (Å²) in [6, 6.07) is 3.17. The third-order valence-electron chi connectivity index (χ3n) is 6.05. The van der Waals surface area contributed by atoms with Crippen LogP contribution in [-0.4, -0.2) is 49.3 Å². The lowest BCUT2D eigenvalue weighted by Crippen LogP contribution is -2.35. The number of nitrogens with zero attached hydrogens (tertiary/aromatic N) is 4. The Bertz CT molecular complexity index is 923. The molecule has 0 aromatic carbocycles. The van der Waals surface area contributed by atoms with E-state index < -0.39 is 9.84 Å². The zero-order valence-electron chi connectivity index (χ0n) is 17.0. The first-order chi connectivity index (χ1) is 13.9. The second-order valence-electron chi connectivity index (χ2n) is 8.29. The van der Waals surface area contributed by atoms with Crippen molar-refractivity contribution in [2.75, 3.05) is 30.9 Å². The van der Waals surface area contributed by atoms with Crippen molar-refractivity contribution < 1.29 is 13.2 Å². The summed E-state index contributed by atoms with van der Waals surface area (Å²) in [6.45, 7) is 4.70. The molecule has 2 aliphatic rings. The van der Waals surface area contributed by atoms with Crippen molar-refractivity contribution in [3.8, 4) is 5.88 Å². The number of rotatable bonds is 7. The van der Waals surface area contributed by atoms with E-state index in [1.165, 1.54) is 31.7 Å². The van der Waals surface area contributed by atoms with Crippen LogP contribution in [0.3, 0.4) is 0 Å². The molecule has 3 heterocycles. The van der Waals surface area contributed by atoms with Gasteiger partial charge in [0.05, 0.1) is 11.5 Å². The fraction of sp³-hybridized carbons (Fsp3) is 0.571. The maximum absolute atomic E-state index is 11.5. The zero-order valence-corrected chi connectivity index (χ0v) is 17.8. The van der Waals surface area contributed by atoms with Gasteiger partial charge in [-0.15, -0.1) is 0 Å². The minimum atomic E-state index is -3.22. The van der Waals surface area contributed by atoms with Crippen LogP contribution >= 0.6 is 0 Å². The molecule has 0 unspecified atom stereocenters. The number of hydrogen-bond donors (Lipinski definition) is 0. The lowest BCUT2D eigenvalue weighted by molar-refractivity contribution is 0.276. The van der Waals surface area contributed by atoms with Crippen molar-refractivity contribution in [1.82, 2.24) is 15.0 Å². The first-order valence-corrected chi connectivity index (χ1v) is 12.1. The highest BCUT2D eigenvalue weighted by atomic mass is 32.2. The van der Waals surface area contributed by atoms with Crippen LogP contribution in [0.15, 0.2) is 35.6 Å². The molecule has 2 atom stereocenters. The van der Waals surface area contributed by atoms with Crippen LogP contribution in [-0.2, 0) is 9.84 Å². The summed E-state index contributed by atoms with van der Waals surface area (Å²) >= 11 is 0. The van der Waals surface area contributed by atoms with Gasteiger partial charge >= 0.3 is 0 Å². The molecule has 1 aliphatic heterocycles. The Labute approximate surface area is 172 Å². The summed E-state index contributed by atoms with van der Waals surface area (Å²) in [5.74, 6) is 3.66. The third kappa shape index (κ3) is 5.04. The average Bonchev–Trinajstić information content (AvgIpc) is 3.48. The predicted octanol–water partition coefficient (Wildman–Crippen LogP) is 2.91. The highest BCUT2D eigenvalue weighted by molar-refractivity contribution is 7.90. The largest absolute Gasteiger partial charge is 0.478 e. The first kappa shape index (κ1) is 20.1. The number of aromatic nitrogens is 3. The highest BCUT2D eigenvalue weighted by Gasteiger charge is 2.43. The Kier molecular flexibility index (Phi) is 5.72. The normalized spacial score (nSPS) is 22.5. The number of aryl methyl sites for hydroxylation is 1. The molecule has 1 aliphatic carbocycles. The van der Waals surface area contributed by atoms with Gasteiger partial charge in [-0.05, 0) is 62.0 Å². The molecule has 1 saturated heterocycles. The Morgan fingerprint density at radius 2 is 1.83 bits per heavy atom. The molecule has 4 rings (SSSR count). The minimum absolute atomic E-state index is 0.217. The van der Waals surface area contributed by atoms with Crippen molar-refractivity contribution in [2.45, 2.75) is 37.5 Å². The van der Waals surface area contributed by atoms with Crippen LogP contribution in [0.25, 0.3) is 0 Å². The fourth-order valence-electron chi connectivity index (χ4n) is 4.24. The number of anilines is 1. The maximum atomic E-state index is 11.5. The number of sulfone groups is 1. The van der Waals surface area contributed by atoms with Gasteiger partial charge in [-0.2, -0.15) is 0 Å². The minimum Gasteiger partial charge on any atom is -0.478 e. The van der Waals surface area contributed by atoms with E-state index in [0.717, 1.165) is 48.8 Å². The maximum Gasteiger partial charge on any atom is 0.225 e. The van der Waals surface area contributed by atoms with Crippen LogP contribution in [0.4, 0.5) is 5.95 Å². The van der Waals surface area contributed by atoms with Gasteiger partial charge in [0.2, 0.25) is 11.8 Å². The Morgan fingerprint density at radius 3 is 2.45 bits per heavy atom. The molecule has 0 amide bonds. The van der Waals surface area contributed by atoms with Gasteiger partial charge in [0, 0.05) is 44.0 Å². The molecule has 7 nitrogen and oxygen atoms in total. The summed E-state index contributed by atoms with van der Waals surface area (Å²) in [5, 5.41) is 0. The van der Waals surface area contributed by atoms with Gasteiger partial charge in [-0.25, -0.2) is 23.4 Å². The van der Waals surface area contributed by atoms with Crippen LogP contribution in [0.1, 0.15) is 31.2 Å². The molecule has 0 spiro atoms. The second kappa shape index (κ2) is 8.26. The van der Waals surface area contributed by atoms with Crippen molar-refractivity contribution in [3.05, 3.63) is 36.3 Å². The monoisotopic (exact) mass is 416 g/mol. The smallest absolute Gasteiger partial charge is 0.225 e. The molecule has 2 aromatic heterocycles. The lowest BCUT2D eigenvalue weighted by atomic mass is 9.90. The van der Waals surface area contributed by atoms with E-state index in [4.69, 9.17) is 4.74 Å². The molecule has 8 heteroatoms. The SMILES string of the molecule is Cc1cnc(N2CCC([C@H]3C[C@H]3CCOc3ccc(S(C)(=O)=O)cn3)CC2)nc1. The van der Waals surface area contributed by atoms with Gasteiger partial charge in [-0.3, -0.25) is 0 Å². The van der Waals surface area contributed by atoms with E-state index in [1.54, 1.807) is 12.1 Å². The molecular weight excluding hydrogens is 388 g/mol. The fourth-order valence-corrected chi connectivity index (χ4v) is 4.80. The summed E-state index contributed by atoms with van der Waals surface area (Å²) in [4.78, 5) is 15.5. The van der Waals surface area contributed by atoms with Crippen molar-refractivity contribution in [2.24, 2.45) is 17.8 Å². The van der Waals surface area contributed by atoms with E-state index >= 15 is 0 Å². The molecule has 0 radical (unpaired) electrons. The zero-order chi connectivity index (χ0) is 20.4. The van der Waals surface area contributed by atoms with Crippen molar-refractivity contribution in [3.63, 3.8) is 0 Å². The number of pyridine rings is 1. The summed E-state index contributed by atoms with van der Waals surface area (Å²) < 4.78 is 28.6. The predicted molar refractivity (Wildman–Crippen MR) is 111 cm³/mol. The van der Waals surface area contributed by atoms with E-state index in [0.29, 0.717) is 12.5 Å². The molecule has 29 heavy (non-hydrogen) atoms. The van der Waals surface area contributed by atoms with Crippen molar-refractivity contribution in [1.29, 1.82) is 0 Å². The van der Waals surface area contributed by atoms with Crippen molar-refractivity contribution >= 4 is 15.8 Å². The Morgan fingerprint density at radius 1 is 1.10 bits per heavy atom. The molecular formula is C21H28N4O3S. The number of piperidine rings is 1. The molecule has 156 valence electrons. The highest BCUT2D eigenvalue weighted by Crippen LogP contribution is 2.49. The lowest BCUT2D eigenvalue weighted by Gasteiger charge is -2.32. The second-order valence-corrected chi connectivity index (χ2v) is 10.3. The van der Waals surface area contributed by atoms with Gasteiger partial charge in [0.1, 0.15) is 0 Å². The quantitative estimate of drug-likeness (QED) is 0.686. The third-order valence-corrected chi connectivity index (χ3v) is 7.15. The van der Waals surface area contributed by atoms with Gasteiger partial charge in [0.15, 0.2) is 9.84 Å². The van der Waals surface area contributed by atoms with Crippen LogP contribution in [0.5, 0.6) is 5.88 Å². The summed E-state index contributed by atoms with van der Waals surface area (Å²) in [6.07, 6.45) is 11.0. The van der Waals surface area contributed by atoms with E-state index in [9.17, 15) is 8.42 Å². The Balaban J connectivity index is 1.18. The Hall–Kier alpha value is -2.22. The molecule has 2 fully saturated rings.